The summed E-state index contributed by atoms with van der Waals surface area (Å²) in [7, 11) is 0. The van der Waals surface area contributed by atoms with Gasteiger partial charge >= 0.3 is 5.97 Å². The molecule has 0 N–H and O–H groups in total. The van der Waals surface area contributed by atoms with Crippen molar-refractivity contribution in [1.29, 1.82) is 0 Å². The highest BCUT2D eigenvalue weighted by molar-refractivity contribution is 6.31. The van der Waals surface area contributed by atoms with E-state index in [1.165, 1.54) is 6.08 Å². The Kier molecular flexibility index (Phi) is 6.77. The van der Waals surface area contributed by atoms with Crippen molar-refractivity contribution in [3.8, 4) is 11.5 Å². The van der Waals surface area contributed by atoms with Gasteiger partial charge in [0.15, 0.2) is 18.1 Å². The first-order valence-electron chi connectivity index (χ1n) is 9.23. The first kappa shape index (κ1) is 20.7. The van der Waals surface area contributed by atoms with Gasteiger partial charge in [0.1, 0.15) is 0 Å². The molecule has 0 fully saturated rings. The lowest BCUT2D eigenvalue weighted by atomic mass is 10.1. The molecule has 1 heterocycles. The average Bonchev–Trinajstić information content (AvgIpc) is 3.19. The minimum atomic E-state index is -0.589. The number of carbonyl (C=O) groups is 2. The molecule has 2 aromatic carbocycles. The molecule has 29 heavy (non-hydrogen) atoms. The highest BCUT2D eigenvalue weighted by Crippen LogP contribution is 2.32. The maximum absolute atomic E-state index is 12.4. The molecule has 1 aliphatic heterocycles. The number of benzene rings is 2. The molecule has 0 saturated carbocycles. The standard InChI is InChI=1S/C22H22ClNO5/c1-3-24(12-17-6-8-19-20(11-17)29-14-28-19)21(25)13-27-22(26)9-7-16-5-4-15(2)18(23)10-16/h4-11H,3,12-14H2,1-2H3/b9-7+. The number of rotatable bonds is 7. The number of hydrogen-bond donors (Lipinski definition) is 0. The summed E-state index contributed by atoms with van der Waals surface area (Å²) in [5.41, 5.74) is 2.65. The molecule has 0 aliphatic carbocycles. The lowest BCUT2D eigenvalue weighted by Crippen LogP contribution is -2.33. The Morgan fingerprint density at radius 2 is 1.97 bits per heavy atom. The van der Waals surface area contributed by atoms with Crippen LogP contribution in [-0.4, -0.2) is 36.7 Å². The Morgan fingerprint density at radius 3 is 2.72 bits per heavy atom. The maximum atomic E-state index is 12.4. The van der Waals surface area contributed by atoms with Crippen LogP contribution in [-0.2, 0) is 20.9 Å². The number of ether oxygens (including phenoxy) is 3. The number of amides is 1. The summed E-state index contributed by atoms with van der Waals surface area (Å²) in [6.45, 7) is 4.53. The summed E-state index contributed by atoms with van der Waals surface area (Å²) in [6, 6.07) is 11.0. The zero-order valence-electron chi connectivity index (χ0n) is 16.3. The first-order chi connectivity index (χ1) is 14.0. The van der Waals surface area contributed by atoms with Crippen LogP contribution in [0.1, 0.15) is 23.6 Å². The minimum Gasteiger partial charge on any atom is -0.454 e. The fourth-order valence-electron chi connectivity index (χ4n) is 2.79. The lowest BCUT2D eigenvalue weighted by molar-refractivity contribution is -0.148. The van der Waals surface area contributed by atoms with Gasteiger partial charge in [0.05, 0.1) is 0 Å². The van der Waals surface area contributed by atoms with Crippen LogP contribution >= 0.6 is 11.6 Å². The van der Waals surface area contributed by atoms with Gasteiger partial charge in [-0.3, -0.25) is 4.79 Å². The van der Waals surface area contributed by atoms with Crippen molar-refractivity contribution in [3.63, 3.8) is 0 Å². The van der Waals surface area contributed by atoms with Crippen LogP contribution in [0.3, 0.4) is 0 Å². The van der Waals surface area contributed by atoms with Crippen molar-refractivity contribution in [2.24, 2.45) is 0 Å². The Labute approximate surface area is 174 Å². The van der Waals surface area contributed by atoms with E-state index in [0.717, 1.165) is 16.7 Å². The van der Waals surface area contributed by atoms with Gasteiger partial charge in [0.25, 0.3) is 5.91 Å². The van der Waals surface area contributed by atoms with Crippen LogP contribution in [0.25, 0.3) is 6.08 Å². The van der Waals surface area contributed by atoms with E-state index in [1.807, 2.05) is 44.2 Å². The lowest BCUT2D eigenvalue weighted by Gasteiger charge is -2.20. The monoisotopic (exact) mass is 415 g/mol. The molecular formula is C22H22ClNO5. The van der Waals surface area contributed by atoms with Crippen LogP contribution in [0.5, 0.6) is 11.5 Å². The van der Waals surface area contributed by atoms with Gasteiger partial charge in [0.2, 0.25) is 6.79 Å². The third-order valence-corrected chi connectivity index (χ3v) is 4.90. The van der Waals surface area contributed by atoms with Gasteiger partial charge in [-0.15, -0.1) is 0 Å². The molecule has 0 aromatic heterocycles. The number of hydrogen-bond acceptors (Lipinski definition) is 5. The smallest absolute Gasteiger partial charge is 0.331 e. The molecule has 7 heteroatoms. The second-order valence-corrected chi connectivity index (χ2v) is 6.95. The Balaban J connectivity index is 1.52. The average molecular weight is 416 g/mol. The molecule has 0 bridgehead atoms. The van der Waals surface area contributed by atoms with E-state index in [4.69, 9.17) is 25.8 Å². The number of aryl methyl sites for hydroxylation is 1. The maximum Gasteiger partial charge on any atom is 0.331 e. The van der Waals surface area contributed by atoms with Crippen molar-refractivity contribution in [1.82, 2.24) is 4.90 Å². The van der Waals surface area contributed by atoms with Crippen LogP contribution in [0.4, 0.5) is 0 Å². The molecule has 152 valence electrons. The van der Waals surface area contributed by atoms with Crippen molar-refractivity contribution in [2.75, 3.05) is 19.9 Å². The molecule has 0 unspecified atom stereocenters. The van der Waals surface area contributed by atoms with Gasteiger partial charge in [-0.05, 0) is 54.8 Å². The van der Waals surface area contributed by atoms with E-state index in [0.29, 0.717) is 29.6 Å². The predicted molar refractivity (Wildman–Crippen MR) is 110 cm³/mol. The van der Waals surface area contributed by atoms with Gasteiger partial charge < -0.3 is 19.1 Å². The summed E-state index contributed by atoms with van der Waals surface area (Å²) in [5.74, 6) is 0.497. The Hall–Kier alpha value is -2.99. The highest BCUT2D eigenvalue weighted by atomic mass is 35.5. The molecule has 0 radical (unpaired) electrons. The summed E-state index contributed by atoms with van der Waals surface area (Å²) in [6.07, 6.45) is 2.88. The number of nitrogens with zero attached hydrogens (tertiary/aromatic N) is 1. The molecule has 1 amide bonds. The van der Waals surface area contributed by atoms with Crippen molar-refractivity contribution < 1.29 is 23.8 Å². The molecule has 3 rings (SSSR count). The topological polar surface area (TPSA) is 65.1 Å². The number of esters is 1. The van der Waals surface area contributed by atoms with Crippen molar-refractivity contribution in [2.45, 2.75) is 20.4 Å². The van der Waals surface area contributed by atoms with E-state index in [1.54, 1.807) is 17.0 Å². The number of fused-ring (bicyclic) bond motifs is 1. The van der Waals surface area contributed by atoms with E-state index >= 15 is 0 Å². The van der Waals surface area contributed by atoms with Crippen LogP contribution in [0.15, 0.2) is 42.5 Å². The van der Waals surface area contributed by atoms with E-state index in [9.17, 15) is 9.59 Å². The third kappa shape index (κ3) is 5.51. The van der Waals surface area contributed by atoms with Gasteiger partial charge in [-0.25, -0.2) is 4.79 Å². The summed E-state index contributed by atoms with van der Waals surface area (Å²) in [5, 5.41) is 0.623. The van der Waals surface area contributed by atoms with Crippen LogP contribution < -0.4 is 9.47 Å². The number of likely N-dealkylation sites (N-methyl/N-ethyl adjacent to an activating group) is 1. The largest absolute Gasteiger partial charge is 0.454 e. The zero-order chi connectivity index (χ0) is 20.8. The Bertz CT molecular complexity index is 941. The van der Waals surface area contributed by atoms with E-state index < -0.39 is 5.97 Å². The summed E-state index contributed by atoms with van der Waals surface area (Å²) in [4.78, 5) is 26.0. The molecule has 0 spiro atoms. The molecule has 2 aromatic rings. The normalized spacial score (nSPS) is 12.2. The molecule has 1 aliphatic rings. The number of halogens is 1. The van der Waals surface area contributed by atoms with Crippen molar-refractivity contribution in [3.05, 3.63) is 64.2 Å². The third-order valence-electron chi connectivity index (χ3n) is 4.49. The molecular weight excluding hydrogens is 394 g/mol. The van der Waals surface area contributed by atoms with Gasteiger partial charge in [-0.1, -0.05) is 29.8 Å². The van der Waals surface area contributed by atoms with Crippen molar-refractivity contribution >= 4 is 29.6 Å². The predicted octanol–water partition coefficient (Wildman–Crippen LogP) is 3.98. The summed E-state index contributed by atoms with van der Waals surface area (Å²) >= 11 is 6.07. The fraction of sp³-hybridized carbons (Fsp3) is 0.273. The van der Waals surface area contributed by atoms with Gasteiger partial charge in [-0.2, -0.15) is 0 Å². The first-order valence-corrected chi connectivity index (χ1v) is 9.61. The second-order valence-electron chi connectivity index (χ2n) is 6.55. The molecule has 0 atom stereocenters. The van der Waals surface area contributed by atoms with E-state index in [-0.39, 0.29) is 19.3 Å². The zero-order valence-corrected chi connectivity index (χ0v) is 17.1. The fourth-order valence-corrected chi connectivity index (χ4v) is 2.97. The van der Waals surface area contributed by atoms with Crippen LogP contribution in [0, 0.1) is 6.92 Å². The van der Waals surface area contributed by atoms with E-state index in [2.05, 4.69) is 0 Å². The molecule has 6 nitrogen and oxygen atoms in total. The minimum absolute atomic E-state index is 0.202. The highest BCUT2D eigenvalue weighted by Gasteiger charge is 2.17. The quantitative estimate of drug-likeness (QED) is 0.505. The summed E-state index contributed by atoms with van der Waals surface area (Å²) < 4.78 is 15.7. The number of carbonyl (C=O) groups excluding carboxylic acids is 2. The van der Waals surface area contributed by atoms with Gasteiger partial charge in [0, 0.05) is 24.2 Å². The molecule has 0 saturated heterocycles. The second kappa shape index (κ2) is 9.47. The Morgan fingerprint density at radius 1 is 1.17 bits per heavy atom. The van der Waals surface area contributed by atoms with Crippen LogP contribution in [0.2, 0.25) is 5.02 Å². The SMILES string of the molecule is CCN(Cc1ccc2c(c1)OCO2)C(=O)COC(=O)/C=C/c1ccc(C)c(Cl)c1.